The molecule has 1 fully saturated rings. The van der Waals surface area contributed by atoms with E-state index in [2.05, 4.69) is 48.7 Å². The molecule has 1 aromatic heterocycles. The first-order valence-corrected chi connectivity index (χ1v) is 6.57. The zero-order valence-electron chi connectivity index (χ0n) is 11.0. The van der Waals surface area contributed by atoms with E-state index in [4.69, 9.17) is 0 Å². The van der Waals surface area contributed by atoms with Gasteiger partial charge in [0, 0.05) is 18.8 Å². The molecule has 0 amide bonds. The Kier molecular flexibility index (Phi) is 2.92. The molecule has 1 aliphatic carbocycles. The van der Waals surface area contributed by atoms with Gasteiger partial charge in [-0.1, -0.05) is 12.1 Å². The van der Waals surface area contributed by atoms with Gasteiger partial charge in [0.1, 0.15) is 0 Å². The smallest absolute Gasteiger partial charge is 0.0675 e. The van der Waals surface area contributed by atoms with Gasteiger partial charge in [-0.15, -0.1) is 0 Å². The van der Waals surface area contributed by atoms with Crippen LogP contribution < -0.4 is 5.32 Å². The van der Waals surface area contributed by atoms with Crippen LogP contribution in [0, 0.1) is 13.8 Å². The minimum Gasteiger partial charge on any atom is -0.310 e. The summed E-state index contributed by atoms with van der Waals surface area (Å²) in [6, 6.07) is 7.36. The summed E-state index contributed by atoms with van der Waals surface area (Å²) in [7, 11) is 0. The normalized spacial score (nSPS) is 15.0. The SMILES string of the molecule is Cc1cnn(-c2ccc(CNC3CC3)cc2C)c1. The van der Waals surface area contributed by atoms with Crippen LogP contribution in [-0.4, -0.2) is 15.8 Å². The van der Waals surface area contributed by atoms with Gasteiger partial charge in [0.05, 0.1) is 11.9 Å². The van der Waals surface area contributed by atoms with Gasteiger partial charge in [-0.2, -0.15) is 5.10 Å². The fraction of sp³-hybridized carbons (Fsp3) is 0.400. The van der Waals surface area contributed by atoms with E-state index in [1.54, 1.807) is 0 Å². The molecule has 0 unspecified atom stereocenters. The average molecular weight is 241 g/mol. The number of nitrogens with one attached hydrogen (secondary N) is 1. The van der Waals surface area contributed by atoms with E-state index in [0.29, 0.717) is 0 Å². The van der Waals surface area contributed by atoms with Gasteiger partial charge in [-0.05, 0) is 49.4 Å². The van der Waals surface area contributed by atoms with Gasteiger partial charge < -0.3 is 5.32 Å². The summed E-state index contributed by atoms with van der Waals surface area (Å²) in [5.41, 5.74) is 4.98. The second-order valence-corrected chi connectivity index (χ2v) is 5.24. The Morgan fingerprint density at radius 2 is 2.17 bits per heavy atom. The van der Waals surface area contributed by atoms with Gasteiger partial charge in [0.25, 0.3) is 0 Å². The first kappa shape index (κ1) is 11.5. The van der Waals surface area contributed by atoms with Crippen molar-refractivity contribution in [1.82, 2.24) is 15.1 Å². The molecule has 1 heterocycles. The summed E-state index contributed by atoms with van der Waals surface area (Å²) in [5.74, 6) is 0. The predicted molar refractivity (Wildman–Crippen MR) is 72.9 cm³/mol. The molecule has 94 valence electrons. The van der Waals surface area contributed by atoms with Crippen molar-refractivity contribution in [1.29, 1.82) is 0 Å². The van der Waals surface area contributed by atoms with Crippen molar-refractivity contribution in [3.63, 3.8) is 0 Å². The maximum Gasteiger partial charge on any atom is 0.0675 e. The van der Waals surface area contributed by atoms with Crippen molar-refractivity contribution >= 4 is 0 Å². The van der Waals surface area contributed by atoms with Gasteiger partial charge in [0.2, 0.25) is 0 Å². The summed E-state index contributed by atoms with van der Waals surface area (Å²) in [6.45, 7) is 5.18. The van der Waals surface area contributed by atoms with Crippen LogP contribution in [0.1, 0.15) is 29.5 Å². The van der Waals surface area contributed by atoms with Crippen molar-refractivity contribution in [2.75, 3.05) is 0 Å². The molecule has 0 spiro atoms. The van der Waals surface area contributed by atoms with E-state index in [1.807, 2.05) is 10.9 Å². The Hall–Kier alpha value is -1.61. The lowest BCUT2D eigenvalue weighted by Gasteiger charge is -2.09. The molecule has 3 rings (SSSR count). The Morgan fingerprint density at radius 3 is 2.78 bits per heavy atom. The lowest BCUT2D eigenvalue weighted by atomic mass is 10.1. The monoisotopic (exact) mass is 241 g/mol. The number of benzene rings is 1. The van der Waals surface area contributed by atoms with Crippen LogP contribution in [0.5, 0.6) is 0 Å². The molecule has 18 heavy (non-hydrogen) atoms. The standard InChI is InChI=1S/C15H19N3/c1-11-8-17-18(10-11)15-6-3-13(7-12(15)2)9-16-14-4-5-14/h3,6-8,10,14,16H,4-5,9H2,1-2H3. The van der Waals surface area contributed by atoms with E-state index in [1.165, 1.54) is 35.2 Å². The fourth-order valence-electron chi connectivity index (χ4n) is 2.18. The summed E-state index contributed by atoms with van der Waals surface area (Å²) < 4.78 is 1.95. The van der Waals surface area contributed by atoms with Crippen molar-refractivity contribution in [2.45, 2.75) is 39.3 Å². The first-order valence-electron chi connectivity index (χ1n) is 6.57. The lowest BCUT2D eigenvalue weighted by molar-refractivity contribution is 0.687. The zero-order valence-corrected chi connectivity index (χ0v) is 11.0. The minimum atomic E-state index is 0.763. The number of rotatable bonds is 4. The molecule has 0 bridgehead atoms. The van der Waals surface area contributed by atoms with Gasteiger partial charge in [-0.3, -0.25) is 0 Å². The molecule has 0 radical (unpaired) electrons. The van der Waals surface area contributed by atoms with Crippen LogP contribution >= 0.6 is 0 Å². The zero-order chi connectivity index (χ0) is 12.5. The average Bonchev–Trinajstić information content (AvgIpc) is 3.09. The van der Waals surface area contributed by atoms with Crippen molar-refractivity contribution in [3.8, 4) is 5.69 Å². The molecule has 2 aromatic rings. The molecular weight excluding hydrogens is 222 g/mol. The van der Waals surface area contributed by atoms with Crippen LogP contribution in [-0.2, 0) is 6.54 Å². The van der Waals surface area contributed by atoms with Crippen LogP contribution in [0.15, 0.2) is 30.6 Å². The topological polar surface area (TPSA) is 29.9 Å². The molecule has 0 saturated heterocycles. The minimum absolute atomic E-state index is 0.763. The molecule has 1 aromatic carbocycles. The molecular formula is C15H19N3. The fourth-order valence-corrected chi connectivity index (χ4v) is 2.18. The van der Waals surface area contributed by atoms with Gasteiger partial charge >= 0.3 is 0 Å². The number of aryl methyl sites for hydroxylation is 2. The molecule has 1 aliphatic rings. The Bertz CT molecular complexity index is 553. The van der Waals surface area contributed by atoms with Crippen molar-refractivity contribution in [2.24, 2.45) is 0 Å². The summed E-state index contributed by atoms with van der Waals surface area (Å²) in [5, 5.41) is 7.90. The third-order valence-electron chi connectivity index (χ3n) is 3.39. The number of aromatic nitrogens is 2. The van der Waals surface area contributed by atoms with Crippen LogP contribution in [0.2, 0.25) is 0 Å². The van der Waals surface area contributed by atoms with Gasteiger partial charge in [0.15, 0.2) is 0 Å². The molecule has 0 atom stereocenters. The highest BCUT2D eigenvalue weighted by Gasteiger charge is 2.19. The number of hydrogen-bond acceptors (Lipinski definition) is 2. The van der Waals surface area contributed by atoms with Crippen molar-refractivity contribution < 1.29 is 0 Å². The first-order chi connectivity index (χ1) is 8.72. The van der Waals surface area contributed by atoms with E-state index >= 15 is 0 Å². The molecule has 3 nitrogen and oxygen atoms in total. The Labute approximate surface area is 108 Å². The van der Waals surface area contributed by atoms with E-state index in [9.17, 15) is 0 Å². The molecule has 0 aliphatic heterocycles. The predicted octanol–water partition coefficient (Wildman–Crippen LogP) is 2.74. The third-order valence-corrected chi connectivity index (χ3v) is 3.39. The van der Waals surface area contributed by atoms with Gasteiger partial charge in [-0.25, -0.2) is 4.68 Å². The van der Waals surface area contributed by atoms with Crippen molar-refractivity contribution in [3.05, 3.63) is 47.3 Å². The molecule has 3 heteroatoms. The Morgan fingerprint density at radius 1 is 1.33 bits per heavy atom. The quantitative estimate of drug-likeness (QED) is 0.892. The molecule has 1 N–H and O–H groups in total. The van der Waals surface area contributed by atoms with Crippen LogP contribution in [0.3, 0.4) is 0 Å². The van der Waals surface area contributed by atoms with E-state index in [0.717, 1.165) is 12.6 Å². The van der Waals surface area contributed by atoms with Crippen LogP contribution in [0.4, 0.5) is 0 Å². The highest BCUT2D eigenvalue weighted by Crippen LogP contribution is 2.20. The number of hydrogen-bond donors (Lipinski definition) is 1. The number of nitrogens with zero attached hydrogens (tertiary/aromatic N) is 2. The highest BCUT2D eigenvalue weighted by molar-refractivity contribution is 5.42. The lowest BCUT2D eigenvalue weighted by Crippen LogP contribution is -2.15. The largest absolute Gasteiger partial charge is 0.310 e. The second-order valence-electron chi connectivity index (χ2n) is 5.24. The summed E-state index contributed by atoms with van der Waals surface area (Å²) >= 11 is 0. The summed E-state index contributed by atoms with van der Waals surface area (Å²) in [6.07, 6.45) is 6.62. The maximum atomic E-state index is 4.36. The maximum absolute atomic E-state index is 4.36. The third kappa shape index (κ3) is 2.46. The highest BCUT2D eigenvalue weighted by atomic mass is 15.3. The van der Waals surface area contributed by atoms with Crippen LogP contribution in [0.25, 0.3) is 5.69 Å². The Balaban J connectivity index is 1.79. The molecule has 1 saturated carbocycles. The van der Waals surface area contributed by atoms with E-state index < -0.39 is 0 Å². The van der Waals surface area contributed by atoms with E-state index in [-0.39, 0.29) is 0 Å². The second kappa shape index (κ2) is 4.58. The summed E-state index contributed by atoms with van der Waals surface area (Å²) in [4.78, 5) is 0.